The lowest BCUT2D eigenvalue weighted by Gasteiger charge is -2.12. The van der Waals surface area contributed by atoms with Crippen molar-refractivity contribution in [3.05, 3.63) is 52.6 Å². The summed E-state index contributed by atoms with van der Waals surface area (Å²) >= 11 is 5.46. The number of para-hydroxylation sites is 2. The first-order chi connectivity index (χ1) is 11.7. The Morgan fingerprint density at radius 2 is 2.04 bits per heavy atom. The minimum Gasteiger partial charge on any atom is -0.493 e. The largest absolute Gasteiger partial charge is 0.493 e. The summed E-state index contributed by atoms with van der Waals surface area (Å²) in [7, 11) is 1.70. The first-order valence-electron chi connectivity index (χ1n) is 7.94. The molecule has 24 heavy (non-hydrogen) atoms. The van der Waals surface area contributed by atoms with E-state index in [0.717, 1.165) is 34.5 Å². The van der Waals surface area contributed by atoms with Gasteiger partial charge in [0.1, 0.15) is 5.75 Å². The van der Waals surface area contributed by atoms with Crippen LogP contribution in [0.1, 0.15) is 17.7 Å². The van der Waals surface area contributed by atoms with Gasteiger partial charge in [-0.3, -0.25) is 4.98 Å². The lowest BCUT2D eigenvalue weighted by Crippen LogP contribution is -2.07. The Balaban J connectivity index is 1.84. The van der Waals surface area contributed by atoms with Crippen molar-refractivity contribution in [3.8, 4) is 5.75 Å². The second-order valence-corrected chi connectivity index (χ2v) is 6.00. The normalized spacial score (nSPS) is 11.1. The van der Waals surface area contributed by atoms with E-state index in [0.29, 0.717) is 24.5 Å². The molecule has 0 fully saturated rings. The zero-order valence-electron chi connectivity index (χ0n) is 13.9. The van der Waals surface area contributed by atoms with Crippen molar-refractivity contribution < 1.29 is 9.47 Å². The maximum atomic E-state index is 5.85. The van der Waals surface area contributed by atoms with Crippen LogP contribution in [0, 0.1) is 11.7 Å². The number of H-pyrrole nitrogens is 1. The Labute approximate surface area is 146 Å². The molecule has 1 N–H and O–H groups in total. The smallest absolute Gasteiger partial charge is 0.178 e. The molecule has 0 unspecified atom stereocenters. The molecule has 2 aromatic heterocycles. The number of hydrogen-bond donors (Lipinski definition) is 1. The molecule has 0 aliphatic carbocycles. The lowest BCUT2D eigenvalue weighted by molar-refractivity contribution is 0.172. The van der Waals surface area contributed by atoms with Crippen LogP contribution in [0.2, 0.25) is 0 Å². The highest BCUT2D eigenvalue weighted by molar-refractivity contribution is 7.71. The van der Waals surface area contributed by atoms with E-state index in [-0.39, 0.29) is 0 Å². The summed E-state index contributed by atoms with van der Waals surface area (Å²) in [4.78, 5) is 7.75. The number of hydrogen-bond acceptors (Lipinski definition) is 4. The summed E-state index contributed by atoms with van der Waals surface area (Å²) < 4.78 is 13.7. The number of nitrogens with one attached hydrogen (secondary N) is 1. The molecule has 126 valence electrons. The number of fused-ring (bicyclic) bond motifs is 1. The van der Waals surface area contributed by atoms with Gasteiger partial charge in [-0.15, -0.1) is 0 Å². The third kappa shape index (κ3) is 3.49. The van der Waals surface area contributed by atoms with Gasteiger partial charge in [0.2, 0.25) is 0 Å². The first kappa shape index (κ1) is 16.7. The van der Waals surface area contributed by atoms with Crippen molar-refractivity contribution in [1.82, 2.24) is 14.5 Å². The van der Waals surface area contributed by atoms with Crippen molar-refractivity contribution in [2.75, 3.05) is 20.3 Å². The quantitative estimate of drug-likeness (QED) is 0.523. The van der Waals surface area contributed by atoms with Crippen molar-refractivity contribution >= 4 is 23.3 Å². The molecule has 0 aliphatic heterocycles. The van der Waals surface area contributed by atoms with Crippen molar-refractivity contribution in [1.29, 1.82) is 0 Å². The Morgan fingerprint density at radius 1 is 1.21 bits per heavy atom. The predicted octanol–water partition coefficient (Wildman–Crippen LogP) is 3.87. The molecule has 0 atom stereocenters. The lowest BCUT2D eigenvalue weighted by atomic mass is 10.2. The van der Waals surface area contributed by atoms with Crippen LogP contribution in [0.3, 0.4) is 0 Å². The Hall–Kier alpha value is -2.18. The van der Waals surface area contributed by atoms with Crippen LogP contribution in [0.4, 0.5) is 0 Å². The predicted molar refractivity (Wildman–Crippen MR) is 97.2 cm³/mol. The van der Waals surface area contributed by atoms with Crippen LogP contribution >= 0.6 is 12.2 Å². The molecule has 3 aromatic rings. The fraction of sp³-hybridized carbons (Fsp3) is 0.333. The molecule has 0 saturated carbocycles. The van der Waals surface area contributed by atoms with E-state index in [9.17, 15) is 0 Å². The summed E-state index contributed by atoms with van der Waals surface area (Å²) in [5, 5.41) is 0. The summed E-state index contributed by atoms with van der Waals surface area (Å²) in [5.74, 6) is 0.863. The van der Waals surface area contributed by atoms with Gasteiger partial charge < -0.3 is 19.0 Å². The zero-order valence-corrected chi connectivity index (χ0v) is 14.7. The number of nitrogens with zero attached hydrogens (tertiary/aromatic N) is 2. The van der Waals surface area contributed by atoms with Crippen LogP contribution in [0.5, 0.6) is 5.75 Å². The molecule has 5 nitrogen and oxygen atoms in total. The molecule has 0 radical (unpaired) electrons. The second-order valence-electron chi connectivity index (χ2n) is 5.61. The molecule has 0 amide bonds. The van der Waals surface area contributed by atoms with Gasteiger partial charge in [0.15, 0.2) is 4.77 Å². The topological polar surface area (TPSA) is 52.1 Å². The van der Waals surface area contributed by atoms with E-state index in [4.69, 9.17) is 21.7 Å². The van der Waals surface area contributed by atoms with Crippen LogP contribution in [-0.4, -0.2) is 34.9 Å². The summed E-state index contributed by atoms with van der Waals surface area (Å²) in [5.41, 5.74) is 4.12. The number of methoxy groups -OCH3 is 1. The summed E-state index contributed by atoms with van der Waals surface area (Å²) in [6.45, 7) is 3.97. The van der Waals surface area contributed by atoms with E-state index in [1.54, 1.807) is 13.3 Å². The second kappa shape index (κ2) is 7.59. The van der Waals surface area contributed by atoms with Crippen LogP contribution < -0.4 is 4.74 Å². The molecule has 0 bridgehead atoms. The fourth-order valence-electron chi connectivity index (χ4n) is 2.67. The highest BCUT2D eigenvalue weighted by Gasteiger charge is 2.10. The number of ether oxygens (including phenoxy) is 2. The Morgan fingerprint density at radius 3 is 2.88 bits per heavy atom. The summed E-state index contributed by atoms with van der Waals surface area (Å²) in [6.07, 6.45) is 2.65. The molecule has 3 rings (SSSR count). The minimum absolute atomic E-state index is 0.615. The zero-order chi connectivity index (χ0) is 16.9. The summed E-state index contributed by atoms with van der Waals surface area (Å²) in [6, 6.07) is 9.99. The Bertz CT molecular complexity index is 885. The van der Waals surface area contributed by atoms with E-state index < -0.39 is 0 Å². The number of rotatable bonds is 7. The fourth-order valence-corrected chi connectivity index (χ4v) is 2.95. The van der Waals surface area contributed by atoms with Gasteiger partial charge in [-0.05, 0) is 37.3 Å². The number of aromatic amines is 1. The average Bonchev–Trinajstić information content (AvgIpc) is 2.90. The van der Waals surface area contributed by atoms with Crippen LogP contribution in [0.25, 0.3) is 11.0 Å². The first-order valence-corrected chi connectivity index (χ1v) is 8.35. The van der Waals surface area contributed by atoms with Gasteiger partial charge in [0.25, 0.3) is 0 Å². The van der Waals surface area contributed by atoms with Gasteiger partial charge in [-0.1, -0.05) is 12.1 Å². The van der Waals surface area contributed by atoms with Gasteiger partial charge in [-0.25, -0.2) is 0 Å². The van der Waals surface area contributed by atoms with Crippen LogP contribution in [0.15, 0.2) is 36.5 Å². The van der Waals surface area contributed by atoms with E-state index in [2.05, 4.69) is 20.6 Å². The highest BCUT2D eigenvalue weighted by Crippen LogP contribution is 2.22. The van der Waals surface area contributed by atoms with Crippen molar-refractivity contribution in [3.63, 3.8) is 0 Å². The molecule has 6 heteroatoms. The molecule has 1 aromatic carbocycles. The Kier molecular flexibility index (Phi) is 5.27. The molecular weight excluding hydrogens is 322 g/mol. The molecular formula is C18H21N3O2S. The van der Waals surface area contributed by atoms with E-state index in [1.165, 1.54) is 0 Å². The SMILES string of the molecule is COCCCOc1ccnc(Cn2c(=S)[nH]c3ccccc32)c1C. The minimum atomic E-state index is 0.615. The third-order valence-electron chi connectivity index (χ3n) is 4.00. The van der Waals surface area contributed by atoms with E-state index >= 15 is 0 Å². The van der Waals surface area contributed by atoms with Crippen molar-refractivity contribution in [2.45, 2.75) is 19.9 Å². The number of imidazole rings is 1. The molecule has 0 saturated heterocycles. The number of pyridine rings is 1. The number of benzene rings is 1. The van der Waals surface area contributed by atoms with Gasteiger partial charge in [0.05, 0.1) is 29.9 Å². The van der Waals surface area contributed by atoms with Gasteiger partial charge in [-0.2, -0.15) is 0 Å². The van der Waals surface area contributed by atoms with Gasteiger partial charge >= 0.3 is 0 Å². The van der Waals surface area contributed by atoms with Crippen molar-refractivity contribution in [2.24, 2.45) is 0 Å². The van der Waals surface area contributed by atoms with E-state index in [1.807, 2.05) is 31.2 Å². The maximum Gasteiger partial charge on any atom is 0.178 e. The highest BCUT2D eigenvalue weighted by atomic mass is 32.1. The standard InChI is InChI=1S/C18H21N3O2S/c1-13-15(19-9-8-17(13)23-11-5-10-22-2)12-21-16-7-4-3-6-14(16)20-18(21)24/h3-4,6-9H,5,10-12H2,1-2H3,(H,20,24). The van der Waals surface area contributed by atoms with Gasteiger partial charge in [0, 0.05) is 31.9 Å². The average molecular weight is 343 g/mol. The molecule has 2 heterocycles. The van der Waals surface area contributed by atoms with Crippen LogP contribution in [-0.2, 0) is 11.3 Å². The third-order valence-corrected chi connectivity index (χ3v) is 4.32. The molecule has 0 aliphatic rings. The number of aromatic nitrogens is 3. The molecule has 0 spiro atoms. The maximum absolute atomic E-state index is 5.85. The monoisotopic (exact) mass is 343 g/mol.